The van der Waals surface area contributed by atoms with Crippen LogP contribution in [0.1, 0.15) is 19.5 Å². The Morgan fingerprint density at radius 3 is 2.71 bits per heavy atom. The SMILES string of the molecule is CC(C)(NC(=O)Cc1csc(-c2ccc(Cl)s2)n1)C(=O)O. The van der Waals surface area contributed by atoms with E-state index in [1.54, 1.807) is 11.4 Å². The number of thiazole rings is 1. The van der Waals surface area contributed by atoms with Gasteiger partial charge in [-0.25, -0.2) is 9.78 Å². The van der Waals surface area contributed by atoms with Crippen LogP contribution in [0.25, 0.3) is 9.88 Å². The van der Waals surface area contributed by atoms with Gasteiger partial charge < -0.3 is 10.4 Å². The first-order valence-electron chi connectivity index (χ1n) is 6.02. The average molecular weight is 345 g/mol. The van der Waals surface area contributed by atoms with Crippen molar-refractivity contribution in [2.75, 3.05) is 0 Å². The van der Waals surface area contributed by atoms with Crippen molar-refractivity contribution in [1.29, 1.82) is 0 Å². The molecule has 0 aromatic carbocycles. The van der Waals surface area contributed by atoms with Gasteiger partial charge in [0.25, 0.3) is 0 Å². The van der Waals surface area contributed by atoms with E-state index >= 15 is 0 Å². The van der Waals surface area contributed by atoms with E-state index < -0.39 is 11.5 Å². The number of thiophene rings is 1. The molecule has 21 heavy (non-hydrogen) atoms. The number of carbonyl (C=O) groups is 2. The molecule has 0 fully saturated rings. The topological polar surface area (TPSA) is 79.3 Å². The Morgan fingerprint density at radius 1 is 1.43 bits per heavy atom. The van der Waals surface area contributed by atoms with Crippen LogP contribution in [-0.4, -0.2) is 27.5 Å². The summed E-state index contributed by atoms with van der Waals surface area (Å²) in [6, 6.07) is 3.67. The summed E-state index contributed by atoms with van der Waals surface area (Å²) in [7, 11) is 0. The van der Waals surface area contributed by atoms with E-state index in [2.05, 4.69) is 10.3 Å². The molecule has 0 radical (unpaired) electrons. The molecule has 0 aliphatic carbocycles. The van der Waals surface area contributed by atoms with Crippen molar-refractivity contribution in [2.45, 2.75) is 25.8 Å². The largest absolute Gasteiger partial charge is 0.480 e. The van der Waals surface area contributed by atoms with Crippen LogP contribution >= 0.6 is 34.3 Å². The highest BCUT2D eigenvalue weighted by Crippen LogP contribution is 2.32. The van der Waals surface area contributed by atoms with E-state index in [9.17, 15) is 9.59 Å². The highest BCUT2D eigenvalue weighted by Gasteiger charge is 2.29. The van der Waals surface area contributed by atoms with E-state index in [-0.39, 0.29) is 12.3 Å². The highest BCUT2D eigenvalue weighted by molar-refractivity contribution is 7.23. The van der Waals surface area contributed by atoms with Crippen LogP contribution in [0.2, 0.25) is 4.34 Å². The maximum Gasteiger partial charge on any atom is 0.328 e. The number of amides is 1. The van der Waals surface area contributed by atoms with Crippen molar-refractivity contribution in [1.82, 2.24) is 10.3 Å². The van der Waals surface area contributed by atoms with Gasteiger partial charge in [0.05, 0.1) is 21.3 Å². The summed E-state index contributed by atoms with van der Waals surface area (Å²) in [6.07, 6.45) is 0.0479. The lowest BCUT2D eigenvalue weighted by Gasteiger charge is -2.20. The quantitative estimate of drug-likeness (QED) is 0.873. The molecule has 0 saturated heterocycles. The van der Waals surface area contributed by atoms with Crippen molar-refractivity contribution in [3.63, 3.8) is 0 Å². The smallest absolute Gasteiger partial charge is 0.328 e. The Bertz CT molecular complexity index is 679. The van der Waals surface area contributed by atoms with Gasteiger partial charge in [0.15, 0.2) is 0 Å². The Balaban J connectivity index is 2.03. The lowest BCUT2D eigenvalue weighted by atomic mass is 10.1. The molecular weight excluding hydrogens is 332 g/mol. The number of nitrogens with one attached hydrogen (secondary N) is 1. The summed E-state index contributed by atoms with van der Waals surface area (Å²) < 4.78 is 0.683. The van der Waals surface area contributed by atoms with Gasteiger partial charge in [-0.15, -0.1) is 22.7 Å². The molecule has 112 valence electrons. The maximum absolute atomic E-state index is 11.9. The third-order valence-corrected chi connectivity index (χ3v) is 4.96. The van der Waals surface area contributed by atoms with Crippen LogP contribution in [0, 0.1) is 0 Å². The van der Waals surface area contributed by atoms with Gasteiger partial charge in [0.2, 0.25) is 5.91 Å². The Kier molecular flexibility index (Phi) is 4.65. The molecule has 2 aromatic rings. The van der Waals surface area contributed by atoms with E-state index in [0.717, 1.165) is 9.88 Å². The molecule has 1 amide bonds. The molecule has 0 aliphatic rings. The summed E-state index contributed by atoms with van der Waals surface area (Å²) >= 11 is 8.73. The van der Waals surface area contributed by atoms with Crippen LogP contribution < -0.4 is 5.32 Å². The molecule has 0 aliphatic heterocycles. The molecule has 0 bridgehead atoms. The third-order valence-electron chi connectivity index (χ3n) is 2.66. The van der Waals surface area contributed by atoms with Gasteiger partial charge in [-0.05, 0) is 26.0 Å². The lowest BCUT2D eigenvalue weighted by Crippen LogP contribution is -2.50. The second-order valence-corrected chi connectivity index (χ2v) is 7.48. The zero-order chi connectivity index (χ0) is 15.6. The van der Waals surface area contributed by atoms with Crippen LogP contribution in [0.15, 0.2) is 17.5 Å². The Hall–Kier alpha value is -1.44. The number of rotatable bonds is 5. The minimum Gasteiger partial charge on any atom is -0.480 e. The summed E-state index contributed by atoms with van der Waals surface area (Å²) in [5, 5.41) is 14.0. The van der Waals surface area contributed by atoms with Crippen molar-refractivity contribution in [2.24, 2.45) is 0 Å². The third kappa shape index (κ3) is 4.03. The molecule has 0 unspecified atom stereocenters. The fraction of sp³-hybridized carbons (Fsp3) is 0.308. The van der Waals surface area contributed by atoms with Crippen molar-refractivity contribution in [3.05, 3.63) is 27.5 Å². The number of carboxylic acid groups (broad SMARTS) is 1. The first-order chi connectivity index (χ1) is 9.78. The van der Waals surface area contributed by atoms with Gasteiger partial charge in [0.1, 0.15) is 10.5 Å². The van der Waals surface area contributed by atoms with E-state index in [1.807, 2.05) is 6.07 Å². The monoisotopic (exact) mass is 344 g/mol. The van der Waals surface area contributed by atoms with Gasteiger partial charge in [-0.2, -0.15) is 0 Å². The second kappa shape index (κ2) is 6.13. The van der Waals surface area contributed by atoms with Gasteiger partial charge >= 0.3 is 5.97 Å². The first-order valence-corrected chi connectivity index (χ1v) is 8.10. The zero-order valence-electron chi connectivity index (χ0n) is 11.3. The summed E-state index contributed by atoms with van der Waals surface area (Å²) in [4.78, 5) is 28.1. The number of aromatic nitrogens is 1. The standard InChI is InChI=1S/C13H13ClN2O3S2/c1-13(2,12(18)19)16-10(17)5-7-6-20-11(15-7)8-3-4-9(14)21-8/h3-4,6H,5H2,1-2H3,(H,16,17)(H,18,19). The molecule has 0 saturated carbocycles. The Labute approximate surface area is 134 Å². The van der Waals surface area contributed by atoms with Crippen LogP contribution in [0.5, 0.6) is 0 Å². The van der Waals surface area contributed by atoms with Gasteiger partial charge in [-0.1, -0.05) is 11.6 Å². The van der Waals surface area contributed by atoms with E-state index in [4.69, 9.17) is 16.7 Å². The lowest BCUT2D eigenvalue weighted by molar-refractivity contribution is -0.145. The number of halogens is 1. The summed E-state index contributed by atoms with van der Waals surface area (Å²) in [6.45, 7) is 2.88. The van der Waals surface area contributed by atoms with Crippen LogP contribution in [-0.2, 0) is 16.0 Å². The number of hydrogen-bond acceptors (Lipinski definition) is 5. The average Bonchev–Trinajstić information content (AvgIpc) is 2.97. The summed E-state index contributed by atoms with van der Waals surface area (Å²) in [5.41, 5.74) is -0.685. The number of hydrogen-bond donors (Lipinski definition) is 2. The normalized spacial score (nSPS) is 11.4. The van der Waals surface area contributed by atoms with Crippen molar-refractivity contribution in [3.8, 4) is 9.88 Å². The predicted octanol–water partition coefficient (Wildman–Crippen LogP) is 3.05. The number of aliphatic carboxylic acids is 1. The van der Waals surface area contributed by atoms with Gasteiger partial charge in [0, 0.05) is 5.38 Å². The fourth-order valence-electron chi connectivity index (χ4n) is 1.54. The summed E-state index contributed by atoms with van der Waals surface area (Å²) in [5.74, 6) is -1.45. The van der Waals surface area contributed by atoms with Crippen molar-refractivity contribution < 1.29 is 14.7 Å². The molecule has 0 atom stereocenters. The highest BCUT2D eigenvalue weighted by atomic mass is 35.5. The molecule has 8 heteroatoms. The molecule has 2 heterocycles. The minimum atomic E-state index is -1.29. The van der Waals surface area contributed by atoms with E-state index in [0.29, 0.717) is 10.0 Å². The Morgan fingerprint density at radius 2 is 2.14 bits per heavy atom. The number of carbonyl (C=O) groups excluding carboxylic acids is 1. The molecule has 5 nitrogen and oxygen atoms in total. The maximum atomic E-state index is 11.9. The van der Waals surface area contributed by atoms with Gasteiger partial charge in [-0.3, -0.25) is 4.79 Å². The zero-order valence-corrected chi connectivity index (χ0v) is 13.7. The van der Waals surface area contributed by atoms with Crippen LogP contribution in [0.4, 0.5) is 0 Å². The van der Waals surface area contributed by atoms with Crippen molar-refractivity contribution >= 4 is 46.2 Å². The first kappa shape index (κ1) is 15.9. The number of nitrogens with zero attached hydrogens (tertiary/aromatic N) is 1. The second-order valence-electron chi connectivity index (χ2n) is 4.90. The molecule has 0 spiro atoms. The van der Waals surface area contributed by atoms with Crippen LogP contribution in [0.3, 0.4) is 0 Å². The molecular formula is C13H13ClN2O3S2. The van der Waals surface area contributed by atoms with E-state index in [1.165, 1.54) is 36.5 Å². The predicted molar refractivity (Wildman–Crippen MR) is 84.0 cm³/mol. The molecule has 2 aromatic heterocycles. The molecule has 2 rings (SSSR count). The molecule has 2 N–H and O–H groups in total. The fourth-order valence-corrected chi connectivity index (χ4v) is 3.48. The number of carboxylic acids is 1. The minimum absolute atomic E-state index is 0.0479.